The molecule has 2 aromatic rings. The minimum absolute atomic E-state index is 0.153. The van der Waals surface area contributed by atoms with Crippen molar-refractivity contribution in [3.05, 3.63) is 59.4 Å². The molecule has 75 valence electrons. The van der Waals surface area contributed by atoms with Crippen LogP contribution in [0.3, 0.4) is 0 Å². The van der Waals surface area contributed by atoms with E-state index in [0.717, 1.165) is 0 Å². The lowest BCUT2D eigenvalue weighted by atomic mass is 10.3. The smallest absolute Gasteiger partial charge is 0.165 e. The fraction of sp³-hybridized carbons (Fsp3) is 0. The van der Waals surface area contributed by atoms with Crippen LogP contribution in [-0.2, 0) is 0 Å². The first-order valence-corrected chi connectivity index (χ1v) is 4.72. The molecule has 1 nitrogen and oxygen atoms in total. The van der Waals surface area contributed by atoms with Gasteiger partial charge in [-0.15, -0.1) is 0 Å². The van der Waals surface area contributed by atoms with Crippen molar-refractivity contribution in [3.63, 3.8) is 0 Å². The monoisotopic (exact) mass is 221 g/mol. The molecule has 0 fully saturated rings. The third-order valence-corrected chi connectivity index (χ3v) is 2.07. The van der Waals surface area contributed by atoms with Gasteiger partial charge in [-0.1, -0.05) is 17.7 Å². The first-order valence-electron chi connectivity index (χ1n) is 4.35. The zero-order valence-electron chi connectivity index (χ0n) is 7.71. The molecule has 0 aromatic heterocycles. The average molecular weight is 222 g/mol. The SMILES string of the molecule is Fc1cc[c]cc1Oc1ccc(Cl)cc1. The molecular weight excluding hydrogens is 215 g/mol. The predicted molar refractivity (Wildman–Crippen MR) is 56.8 cm³/mol. The summed E-state index contributed by atoms with van der Waals surface area (Å²) in [5.41, 5.74) is 0. The van der Waals surface area contributed by atoms with Crippen LogP contribution in [0.4, 0.5) is 4.39 Å². The van der Waals surface area contributed by atoms with Gasteiger partial charge in [-0.3, -0.25) is 0 Å². The average Bonchev–Trinajstić information content (AvgIpc) is 2.25. The molecule has 0 saturated carbocycles. The van der Waals surface area contributed by atoms with Gasteiger partial charge in [0, 0.05) is 5.02 Å². The lowest BCUT2D eigenvalue weighted by Gasteiger charge is -2.05. The maximum atomic E-state index is 13.2. The number of rotatable bonds is 2. The predicted octanol–water partition coefficient (Wildman–Crippen LogP) is 4.07. The van der Waals surface area contributed by atoms with Crippen LogP contribution in [0.25, 0.3) is 0 Å². The molecule has 0 aliphatic carbocycles. The molecule has 0 saturated heterocycles. The third kappa shape index (κ3) is 2.48. The minimum atomic E-state index is -0.413. The number of hydrogen-bond acceptors (Lipinski definition) is 1. The summed E-state index contributed by atoms with van der Waals surface area (Å²) in [6, 6.07) is 13.7. The first kappa shape index (κ1) is 9.99. The van der Waals surface area contributed by atoms with Crippen molar-refractivity contribution in [1.82, 2.24) is 0 Å². The first-order chi connectivity index (χ1) is 7.25. The Morgan fingerprint density at radius 3 is 2.53 bits per heavy atom. The Morgan fingerprint density at radius 1 is 1.13 bits per heavy atom. The topological polar surface area (TPSA) is 9.23 Å². The molecule has 0 atom stereocenters. The van der Waals surface area contributed by atoms with Crippen molar-refractivity contribution in [2.75, 3.05) is 0 Å². The highest BCUT2D eigenvalue weighted by Gasteiger charge is 2.02. The fourth-order valence-corrected chi connectivity index (χ4v) is 1.23. The quantitative estimate of drug-likeness (QED) is 0.743. The van der Waals surface area contributed by atoms with Crippen LogP contribution in [0, 0.1) is 11.9 Å². The van der Waals surface area contributed by atoms with Crippen molar-refractivity contribution in [3.8, 4) is 11.5 Å². The Balaban J connectivity index is 2.22. The van der Waals surface area contributed by atoms with E-state index < -0.39 is 5.82 Å². The van der Waals surface area contributed by atoms with Crippen molar-refractivity contribution in [2.24, 2.45) is 0 Å². The van der Waals surface area contributed by atoms with Gasteiger partial charge in [0.2, 0.25) is 0 Å². The van der Waals surface area contributed by atoms with Crippen LogP contribution in [0.5, 0.6) is 11.5 Å². The van der Waals surface area contributed by atoms with Crippen molar-refractivity contribution in [1.29, 1.82) is 0 Å². The molecule has 0 aliphatic rings. The fourth-order valence-electron chi connectivity index (χ4n) is 1.10. The second kappa shape index (κ2) is 4.32. The van der Waals surface area contributed by atoms with E-state index in [9.17, 15) is 4.39 Å². The molecule has 0 N–H and O–H groups in total. The summed E-state index contributed by atoms with van der Waals surface area (Å²) in [5, 5.41) is 0.613. The lowest BCUT2D eigenvalue weighted by Crippen LogP contribution is -1.87. The summed E-state index contributed by atoms with van der Waals surface area (Å²) >= 11 is 5.71. The van der Waals surface area contributed by atoms with E-state index >= 15 is 0 Å². The summed E-state index contributed by atoms with van der Waals surface area (Å²) in [6.07, 6.45) is 0. The van der Waals surface area contributed by atoms with Crippen LogP contribution >= 0.6 is 11.6 Å². The van der Waals surface area contributed by atoms with Gasteiger partial charge in [-0.25, -0.2) is 4.39 Å². The van der Waals surface area contributed by atoms with E-state index in [0.29, 0.717) is 10.8 Å². The Hall–Kier alpha value is -1.54. The molecule has 15 heavy (non-hydrogen) atoms. The highest BCUT2D eigenvalue weighted by Crippen LogP contribution is 2.24. The molecule has 0 heterocycles. The minimum Gasteiger partial charge on any atom is -0.454 e. The number of hydrogen-bond donors (Lipinski definition) is 0. The van der Waals surface area contributed by atoms with E-state index in [1.54, 1.807) is 24.3 Å². The summed E-state index contributed by atoms with van der Waals surface area (Å²) in [6.45, 7) is 0. The molecule has 3 heteroatoms. The van der Waals surface area contributed by atoms with Crippen LogP contribution in [0.15, 0.2) is 42.5 Å². The summed E-state index contributed by atoms with van der Waals surface area (Å²) in [5.74, 6) is 0.279. The van der Waals surface area contributed by atoms with Crippen LogP contribution in [-0.4, -0.2) is 0 Å². The zero-order valence-corrected chi connectivity index (χ0v) is 8.46. The maximum Gasteiger partial charge on any atom is 0.165 e. The molecule has 0 aliphatic heterocycles. The van der Waals surface area contributed by atoms with E-state index in [1.807, 2.05) is 0 Å². The van der Waals surface area contributed by atoms with Crippen LogP contribution in [0.2, 0.25) is 5.02 Å². The van der Waals surface area contributed by atoms with E-state index in [4.69, 9.17) is 16.3 Å². The van der Waals surface area contributed by atoms with Crippen molar-refractivity contribution >= 4 is 11.6 Å². The van der Waals surface area contributed by atoms with Gasteiger partial charge in [0.1, 0.15) is 5.75 Å². The van der Waals surface area contributed by atoms with Gasteiger partial charge in [0.15, 0.2) is 11.6 Å². The van der Waals surface area contributed by atoms with Gasteiger partial charge in [0.05, 0.1) is 0 Å². The number of ether oxygens (including phenoxy) is 1. The van der Waals surface area contributed by atoms with Gasteiger partial charge in [-0.05, 0) is 42.5 Å². The second-order valence-electron chi connectivity index (χ2n) is 2.91. The maximum absolute atomic E-state index is 13.2. The van der Waals surface area contributed by atoms with Gasteiger partial charge in [0.25, 0.3) is 0 Å². The molecule has 0 spiro atoms. The third-order valence-electron chi connectivity index (χ3n) is 1.82. The molecule has 0 amide bonds. The summed E-state index contributed by atoms with van der Waals surface area (Å²) in [7, 11) is 0. The molecule has 2 aromatic carbocycles. The summed E-state index contributed by atoms with van der Waals surface area (Å²) in [4.78, 5) is 0. The molecule has 1 radical (unpaired) electrons. The van der Waals surface area contributed by atoms with Gasteiger partial charge < -0.3 is 4.74 Å². The van der Waals surface area contributed by atoms with E-state index in [1.165, 1.54) is 18.2 Å². The standard InChI is InChI=1S/C12H7ClFO/c13-9-5-7-10(8-6-9)15-12-4-2-1-3-11(12)14/h1,3-8H. The van der Waals surface area contributed by atoms with E-state index in [-0.39, 0.29) is 5.75 Å². The highest BCUT2D eigenvalue weighted by molar-refractivity contribution is 6.30. The Labute approximate surface area is 92.1 Å². The number of benzene rings is 2. The largest absolute Gasteiger partial charge is 0.454 e. The number of halogens is 2. The molecular formula is C12H7ClFO. The Kier molecular flexibility index (Phi) is 2.88. The van der Waals surface area contributed by atoms with Crippen molar-refractivity contribution < 1.29 is 9.13 Å². The normalized spacial score (nSPS) is 10.0. The van der Waals surface area contributed by atoms with Gasteiger partial charge >= 0.3 is 0 Å². The Morgan fingerprint density at radius 2 is 1.87 bits per heavy atom. The van der Waals surface area contributed by atoms with Gasteiger partial charge in [-0.2, -0.15) is 0 Å². The van der Waals surface area contributed by atoms with Crippen LogP contribution in [0.1, 0.15) is 0 Å². The second-order valence-corrected chi connectivity index (χ2v) is 3.35. The Bertz CT molecular complexity index is 453. The molecule has 0 unspecified atom stereocenters. The molecule has 2 rings (SSSR count). The molecule has 0 bridgehead atoms. The lowest BCUT2D eigenvalue weighted by molar-refractivity contribution is 0.442. The van der Waals surface area contributed by atoms with E-state index in [2.05, 4.69) is 6.07 Å². The van der Waals surface area contributed by atoms with Crippen molar-refractivity contribution in [2.45, 2.75) is 0 Å². The zero-order chi connectivity index (χ0) is 10.7. The highest BCUT2D eigenvalue weighted by atomic mass is 35.5. The van der Waals surface area contributed by atoms with Crippen LogP contribution < -0.4 is 4.74 Å². The summed E-state index contributed by atoms with van der Waals surface area (Å²) < 4.78 is 18.5.